The van der Waals surface area contributed by atoms with Gasteiger partial charge in [-0.15, -0.1) is 11.3 Å². The van der Waals surface area contributed by atoms with Gasteiger partial charge >= 0.3 is 0 Å². The predicted octanol–water partition coefficient (Wildman–Crippen LogP) is 1.45. The third-order valence-corrected chi connectivity index (χ3v) is 3.74. The molecule has 19 heavy (non-hydrogen) atoms. The Labute approximate surface area is 116 Å². The van der Waals surface area contributed by atoms with E-state index in [0.717, 1.165) is 29.1 Å². The SMILES string of the molecule is CCN(CCOC)Cc1nc(NN)c2ccsc2n1. The minimum atomic E-state index is 0.684. The molecule has 2 aromatic rings. The number of nitrogens with zero attached hydrogens (tertiary/aromatic N) is 3. The molecule has 0 aliphatic heterocycles. The maximum absolute atomic E-state index is 5.52. The van der Waals surface area contributed by atoms with Crippen LogP contribution in [0.25, 0.3) is 10.2 Å². The minimum Gasteiger partial charge on any atom is -0.383 e. The van der Waals surface area contributed by atoms with Crippen molar-refractivity contribution in [2.75, 3.05) is 32.2 Å². The third-order valence-electron chi connectivity index (χ3n) is 2.93. The first kappa shape index (κ1) is 14.1. The number of hydrogen-bond acceptors (Lipinski definition) is 7. The van der Waals surface area contributed by atoms with Gasteiger partial charge in [0.2, 0.25) is 0 Å². The number of thiophene rings is 1. The number of hydrazine groups is 1. The van der Waals surface area contributed by atoms with Crippen LogP contribution in [-0.4, -0.2) is 41.7 Å². The number of rotatable bonds is 7. The topological polar surface area (TPSA) is 76.3 Å². The number of nitrogen functional groups attached to an aromatic ring is 1. The highest BCUT2D eigenvalue weighted by molar-refractivity contribution is 7.16. The fourth-order valence-corrected chi connectivity index (χ4v) is 2.63. The van der Waals surface area contributed by atoms with Gasteiger partial charge in [0.15, 0.2) is 5.82 Å². The highest BCUT2D eigenvalue weighted by atomic mass is 32.1. The minimum absolute atomic E-state index is 0.684. The zero-order valence-corrected chi connectivity index (χ0v) is 12.0. The van der Waals surface area contributed by atoms with E-state index in [1.807, 2.05) is 11.4 Å². The Morgan fingerprint density at radius 2 is 2.32 bits per heavy atom. The van der Waals surface area contributed by atoms with Gasteiger partial charge < -0.3 is 10.2 Å². The fourth-order valence-electron chi connectivity index (χ4n) is 1.85. The molecule has 0 saturated carbocycles. The molecule has 0 aromatic carbocycles. The molecule has 0 aliphatic rings. The van der Waals surface area contributed by atoms with Crippen LogP contribution in [0, 0.1) is 0 Å². The Hall–Kier alpha value is -1.28. The molecule has 0 spiro atoms. The van der Waals surface area contributed by atoms with Crippen LogP contribution in [-0.2, 0) is 11.3 Å². The molecule has 0 radical (unpaired) electrons. The summed E-state index contributed by atoms with van der Waals surface area (Å²) < 4.78 is 5.10. The molecule has 2 rings (SSSR count). The molecule has 0 bridgehead atoms. The number of methoxy groups -OCH3 is 1. The molecule has 0 amide bonds. The van der Waals surface area contributed by atoms with Gasteiger partial charge in [0.25, 0.3) is 0 Å². The van der Waals surface area contributed by atoms with Gasteiger partial charge in [-0.3, -0.25) is 4.90 Å². The van der Waals surface area contributed by atoms with Gasteiger partial charge in [0, 0.05) is 13.7 Å². The molecule has 0 saturated heterocycles. The van der Waals surface area contributed by atoms with E-state index < -0.39 is 0 Å². The molecule has 104 valence electrons. The predicted molar refractivity (Wildman–Crippen MR) is 78.1 cm³/mol. The second kappa shape index (κ2) is 6.76. The Morgan fingerprint density at radius 1 is 1.47 bits per heavy atom. The monoisotopic (exact) mass is 281 g/mol. The molecule has 2 aromatic heterocycles. The quantitative estimate of drug-likeness (QED) is 0.591. The molecular weight excluding hydrogens is 262 g/mol. The number of anilines is 1. The number of likely N-dealkylation sites (N-methyl/N-ethyl adjacent to an activating group) is 1. The van der Waals surface area contributed by atoms with Crippen LogP contribution in [0.3, 0.4) is 0 Å². The molecular formula is C12H19N5OS. The van der Waals surface area contributed by atoms with Crippen molar-refractivity contribution in [3.05, 3.63) is 17.3 Å². The van der Waals surface area contributed by atoms with Crippen molar-refractivity contribution >= 4 is 27.4 Å². The second-order valence-electron chi connectivity index (χ2n) is 4.13. The molecule has 0 unspecified atom stereocenters. The van der Waals surface area contributed by atoms with Crippen molar-refractivity contribution in [3.63, 3.8) is 0 Å². The van der Waals surface area contributed by atoms with Gasteiger partial charge in [-0.2, -0.15) is 0 Å². The Bertz CT molecular complexity index is 530. The van der Waals surface area contributed by atoms with E-state index in [9.17, 15) is 0 Å². The van der Waals surface area contributed by atoms with E-state index in [0.29, 0.717) is 19.0 Å². The fraction of sp³-hybridized carbons (Fsp3) is 0.500. The average Bonchev–Trinajstić information content (AvgIpc) is 2.90. The van der Waals surface area contributed by atoms with Gasteiger partial charge in [0.1, 0.15) is 10.7 Å². The smallest absolute Gasteiger partial charge is 0.152 e. The van der Waals surface area contributed by atoms with Crippen molar-refractivity contribution in [2.24, 2.45) is 5.84 Å². The second-order valence-corrected chi connectivity index (χ2v) is 5.03. The summed E-state index contributed by atoms with van der Waals surface area (Å²) in [4.78, 5) is 12.2. The van der Waals surface area contributed by atoms with E-state index in [1.165, 1.54) is 0 Å². The largest absolute Gasteiger partial charge is 0.383 e. The van der Waals surface area contributed by atoms with Crippen LogP contribution < -0.4 is 11.3 Å². The van der Waals surface area contributed by atoms with Crippen LogP contribution in [0.4, 0.5) is 5.82 Å². The van der Waals surface area contributed by atoms with Crippen LogP contribution >= 0.6 is 11.3 Å². The van der Waals surface area contributed by atoms with Gasteiger partial charge in [-0.05, 0) is 18.0 Å². The highest BCUT2D eigenvalue weighted by Crippen LogP contribution is 2.24. The summed E-state index contributed by atoms with van der Waals surface area (Å²) in [6.45, 7) is 5.31. The summed E-state index contributed by atoms with van der Waals surface area (Å²) >= 11 is 1.59. The van der Waals surface area contributed by atoms with Gasteiger partial charge in [-0.1, -0.05) is 6.92 Å². The van der Waals surface area contributed by atoms with Crippen molar-refractivity contribution in [1.29, 1.82) is 0 Å². The summed E-state index contributed by atoms with van der Waals surface area (Å²) in [6, 6.07) is 1.97. The zero-order valence-electron chi connectivity index (χ0n) is 11.2. The molecule has 7 heteroatoms. The Kier molecular flexibility index (Phi) is 5.03. The van der Waals surface area contributed by atoms with Crippen molar-refractivity contribution < 1.29 is 4.74 Å². The molecule has 0 fully saturated rings. The number of ether oxygens (including phenoxy) is 1. The first-order valence-electron chi connectivity index (χ1n) is 6.20. The maximum atomic E-state index is 5.52. The number of fused-ring (bicyclic) bond motifs is 1. The van der Waals surface area contributed by atoms with E-state index in [2.05, 4.69) is 27.2 Å². The number of hydrogen-bond donors (Lipinski definition) is 2. The standard InChI is InChI=1S/C12H19N5OS/c1-3-17(5-6-18-2)8-10-14-11(16-13)9-4-7-19-12(9)15-10/h4,7H,3,5-6,8,13H2,1-2H3,(H,14,15,16). The van der Waals surface area contributed by atoms with E-state index in [1.54, 1.807) is 18.4 Å². The number of nitrogens with one attached hydrogen (secondary N) is 1. The Morgan fingerprint density at radius 3 is 3.00 bits per heavy atom. The number of aromatic nitrogens is 2. The molecule has 2 heterocycles. The molecule has 3 N–H and O–H groups in total. The van der Waals surface area contributed by atoms with Crippen LogP contribution in [0.5, 0.6) is 0 Å². The van der Waals surface area contributed by atoms with Crippen molar-refractivity contribution in [2.45, 2.75) is 13.5 Å². The van der Waals surface area contributed by atoms with E-state index >= 15 is 0 Å². The lowest BCUT2D eigenvalue weighted by molar-refractivity contribution is 0.146. The number of nitrogens with two attached hydrogens (primary N) is 1. The Balaban J connectivity index is 2.19. The molecule has 0 aliphatic carbocycles. The van der Waals surface area contributed by atoms with Crippen molar-refractivity contribution in [3.8, 4) is 0 Å². The van der Waals surface area contributed by atoms with Gasteiger partial charge in [0.05, 0.1) is 18.5 Å². The lowest BCUT2D eigenvalue weighted by Crippen LogP contribution is -2.27. The van der Waals surface area contributed by atoms with E-state index in [4.69, 9.17) is 10.6 Å². The van der Waals surface area contributed by atoms with E-state index in [-0.39, 0.29) is 0 Å². The lowest BCUT2D eigenvalue weighted by Gasteiger charge is -2.19. The zero-order chi connectivity index (χ0) is 13.7. The summed E-state index contributed by atoms with van der Waals surface area (Å²) in [5, 5.41) is 2.96. The summed E-state index contributed by atoms with van der Waals surface area (Å²) in [5.74, 6) is 6.98. The summed E-state index contributed by atoms with van der Waals surface area (Å²) in [6.07, 6.45) is 0. The van der Waals surface area contributed by atoms with Crippen LogP contribution in [0.2, 0.25) is 0 Å². The van der Waals surface area contributed by atoms with Crippen LogP contribution in [0.1, 0.15) is 12.7 Å². The van der Waals surface area contributed by atoms with Crippen LogP contribution in [0.15, 0.2) is 11.4 Å². The van der Waals surface area contributed by atoms with Gasteiger partial charge in [-0.25, -0.2) is 15.8 Å². The molecule has 0 atom stereocenters. The first-order valence-corrected chi connectivity index (χ1v) is 7.08. The highest BCUT2D eigenvalue weighted by Gasteiger charge is 2.11. The summed E-state index contributed by atoms with van der Waals surface area (Å²) in [5.41, 5.74) is 2.64. The lowest BCUT2D eigenvalue weighted by atomic mass is 10.3. The average molecular weight is 281 g/mol. The maximum Gasteiger partial charge on any atom is 0.152 e. The normalized spacial score (nSPS) is 11.4. The third kappa shape index (κ3) is 3.38. The first-order chi connectivity index (χ1) is 9.28. The molecule has 6 nitrogen and oxygen atoms in total. The van der Waals surface area contributed by atoms with Crippen molar-refractivity contribution in [1.82, 2.24) is 14.9 Å². The summed E-state index contributed by atoms with van der Waals surface area (Å²) in [7, 11) is 1.71.